The Morgan fingerprint density at radius 2 is 1.62 bits per heavy atom. The highest BCUT2D eigenvalue weighted by atomic mass is 19.4. The Balaban J connectivity index is 2.09. The normalized spacial score (nSPS) is 19.7. The summed E-state index contributed by atoms with van der Waals surface area (Å²) < 4.78 is 41.1. The lowest BCUT2D eigenvalue weighted by Crippen LogP contribution is -2.48. The van der Waals surface area contributed by atoms with Crippen LogP contribution in [0.1, 0.15) is 5.56 Å². The number of aromatic nitrogens is 1. The van der Waals surface area contributed by atoms with Crippen molar-refractivity contribution in [1.29, 1.82) is 0 Å². The number of para-hydroxylation sites is 3. The molecule has 0 saturated carbocycles. The summed E-state index contributed by atoms with van der Waals surface area (Å²) in [5.74, 6) is 0. The molecule has 3 aromatic rings. The molecule has 4 nitrogen and oxygen atoms in total. The highest BCUT2D eigenvalue weighted by molar-refractivity contribution is 5.97. The summed E-state index contributed by atoms with van der Waals surface area (Å²) in [6, 6.07) is 13.2. The third kappa shape index (κ3) is 2.01. The van der Waals surface area contributed by atoms with E-state index in [1.807, 2.05) is 0 Å². The Morgan fingerprint density at radius 3 is 2.38 bits per heavy atom. The molecule has 0 spiro atoms. The minimum atomic E-state index is -4.94. The lowest BCUT2D eigenvalue weighted by atomic mass is 9.99. The molecule has 1 atom stereocenters. The highest BCUT2D eigenvalue weighted by Gasteiger charge is 2.58. The summed E-state index contributed by atoms with van der Waals surface area (Å²) in [5.41, 5.74) is -2.32. The van der Waals surface area contributed by atoms with E-state index in [0.717, 1.165) is 6.20 Å². The summed E-state index contributed by atoms with van der Waals surface area (Å²) in [6.07, 6.45) is -3.89. The van der Waals surface area contributed by atoms with Crippen molar-refractivity contribution in [3.8, 4) is 0 Å². The van der Waals surface area contributed by atoms with Crippen molar-refractivity contribution in [2.75, 3.05) is 10.6 Å². The monoisotopic (exact) mass is 331 g/mol. The minimum Gasteiger partial charge on any atom is -0.360 e. The maximum atomic E-state index is 13.7. The SMILES string of the molecule is OC1(C(F)(F)F)Nc2ccccc2Nc2c1cnc1ccccc21. The van der Waals surface area contributed by atoms with Gasteiger partial charge in [-0.2, -0.15) is 13.2 Å². The van der Waals surface area contributed by atoms with Crippen LogP contribution in [-0.4, -0.2) is 16.3 Å². The van der Waals surface area contributed by atoms with Crippen LogP contribution < -0.4 is 10.6 Å². The van der Waals surface area contributed by atoms with Gasteiger partial charge >= 0.3 is 6.18 Å². The van der Waals surface area contributed by atoms with Crippen LogP contribution in [0.5, 0.6) is 0 Å². The number of hydrogen-bond donors (Lipinski definition) is 3. The van der Waals surface area contributed by atoms with Gasteiger partial charge in [0.15, 0.2) is 0 Å². The number of anilines is 3. The fourth-order valence-electron chi connectivity index (χ4n) is 2.87. The Labute approximate surface area is 135 Å². The number of hydrogen-bond acceptors (Lipinski definition) is 4. The van der Waals surface area contributed by atoms with E-state index >= 15 is 0 Å². The van der Waals surface area contributed by atoms with E-state index in [1.165, 1.54) is 6.07 Å². The standard InChI is InChI=1S/C17H12F3N3O/c18-17(19,20)16(24)11-9-21-12-6-2-1-5-10(12)15(11)22-13-7-3-4-8-14(13)23-16/h1-9,22-24H. The Hall–Kier alpha value is -2.80. The Bertz CT molecular complexity index is 942. The first-order valence-corrected chi connectivity index (χ1v) is 7.22. The predicted molar refractivity (Wildman–Crippen MR) is 85.0 cm³/mol. The van der Waals surface area contributed by atoms with E-state index in [1.54, 1.807) is 42.5 Å². The van der Waals surface area contributed by atoms with Crippen LogP contribution in [0.25, 0.3) is 10.9 Å². The second-order valence-electron chi connectivity index (χ2n) is 5.57. The average molecular weight is 331 g/mol. The van der Waals surface area contributed by atoms with Crippen LogP contribution in [0.4, 0.5) is 30.2 Å². The number of rotatable bonds is 0. The maximum Gasteiger partial charge on any atom is 0.441 e. The van der Waals surface area contributed by atoms with Crippen molar-refractivity contribution < 1.29 is 18.3 Å². The molecule has 2 aromatic carbocycles. The third-order valence-electron chi connectivity index (χ3n) is 4.08. The van der Waals surface area contributed by atoms with Gasteiger partial charge in [-0.3, -0.25) is 4.98 Å². The first kappa shape index (κ1) is 14.8. The van der Waals surface area contributed by atoms with Gasteiger partial charge in [0.05, 0.1) is 28.1 Å². The van der Waals surface area contributed by atoms with Crippen LogP contribution in [0, 0.1) is 0 Å². The molecule has 3 N–H and O–H groups in total. The van der Waals surface area contributed by atoms with Gasteiger partial charge in [-0.25, -0.2) is 0 Å². The van der Waals surface area contributed by atoms with Gasteiger partial charge in [-0.1, -0.05) is 30.3 Å². The van der Waals surface area contributed by atoms with E-state index < -0.39 is 11.9 Å². The molecule has 7 heteroatoms. The second-order valence-corrected chi connectivity index (χ2v) is 5.57. The molecule has 2 heterocycles. The molecule has 0 saturated heterocycles. The topological polar surface area (TPSA) is 57.2 Å². The van der Waals surface area contributed by atoms with Crippen molar-refractivity contribution in [1.82, 2.24) is 4.98 Å². The summed E-state index contributed by atoms with van der Waals surface area (Å²) in [7, 11) is 0. The lowest BCUT2D eigenvalue weighted by molar-refractivity contribution is -0.253. The summed E-state index contributed by atoms with van der Waals surface area (Å²) in [5, 5.41) is 16.3. The highest BCUT2D eigenvalue weighted by Crippen LogP contribution is 2.48. The van der Waals surface area contributed by atoms with Gasteiger partial charge in [0.1, 0.15) is 0 Å². The molecular formula is C17H12F3N3O. The molecule has 0 fully saturated rings. The van der Waals surface area contributed by atoms with E-state index in [2.05, 4.69) is 15.6 Å². The summed E-state index contributed by atoms with van der Waals surface area (Å²) in [4.78, 5) is 4.07. The molecule has 122 valence electrons. The van der Waals surface area contributed by atoms with Crippen LogP contribution in [0.2, 0.25) is 0 Å². The number of benzene rings is 2. The number of nitrogens with zero attached hydrogens (tertiary/aromatic N) is 1. The zero-order valence-electron chi connectivity index (χ0n) is 12.2. The van der Waals surface area contributed by atoms with Crippen molar-refractivity contribution in [3.05, 3.63) is 60.3 Å². The number of alkyl halides is 3. The lowest BCUT2D eigenvalue weighted by Gasteiger charge is -2.32. The molecule has 1 aliphatic rings. The molecule has 0 radical (unpaired) electrons. The van der Waals surface area contributed by atoms with Gasteiger partial charge < -0.3 is 15.7 Å². The molecule has 24 heavy (non-hydrogen) atoms. The van der Waals surface area contributed by atoms with Crippen LogP contribution in [-0.2, 0) is 5.72 Å². The molecule has 0 amide bonds. The molecule has 4 rings (SSSR count). The number of pyridine rings is 1. The van der Waals surface area contributed by atoms with Crippen molar-refractivity contribution in [2.24, 2.45) is 0 Å². The average Bonchev–Trinajstić information content (AvgIpc) is 2.69. The Morgan fingerprint density at radius 1 is 0.958 bits per heavy atom. The molecule has 0 bridgehead atoms. The van der Waals surface area contributed by atoms with Crippen molar-refractivity contribution in [2.45, 2.75) is 11.9 Å². The van der Waals surface area contributed by atoms with E-state index in [0.29, 0.717) is 16.6 Å². The van der Waals surface area contributed by atoms with Gasteiger partial charge in [0, 0.05) is 11.6 Å². The number of nitrogens with one attached hydrogen (secondary N) is 2. The van der Waals surface area contributed by atoms with Gasteiger partial charge in [0.2, 0.25) is 0 Å². The second kappa shape index (κ2) is 4.85. The van der Waals surface area contributed by atoms with Crippen LogP contribution in [0.3, 0.4) is 0 Å². The van der Waals surface area contributed by atoms with Crippen LogP contribution >= 0.6 is 0 Å². The summed E-state index contributed by atoms with van der Waals surface area (Å²) in [6.45, 7) is 0. The van der Waals surface area contributed by atoms with Gasteiger partial charge in [-0.05, 0) is 18.2 Å². The molecular weight excluding hydrogens is 319 g/mol. The van der Waals surface area contributed by atoms with Crippen LogP contribution in [0.15, 0.2) is 54.7 Å². The fourth-order valence-corrected chi connectivity index (χ4v) is 2.87. The quantitative estimate of drug-likeness (QED) is 0.580. The van der Waals surface area contributed by atoms with Crippen molar-refractivity contribution in [3.63, 3.8) is 0 Å². The Kier molecular flexibility index (Phi) is 2.98. The molecule has 0 aliphatic carbocycles. The smallest absolute Gasteiger partial charge is 0.360 e. The first-order valence-electron chi connectivity index (χ1n) is 7.22. The van der Waals surface area contributed by atoms with Crippen molar-refractivity contribution >= 4 is 28.0 Å². The maximum absolute atomic E-state index is 13.7. The number of fused-ring (bicyclic) bond motifs is 4. The largest absolute Gasteiger partial charge is 0.441 e. The number of halogens is 3. The minimum absolute atomic E-state index is 0.151. The zero-order valence-corrected chi connectivity index (χ0v) is 12.2. The zero-order chi connectivity index (χ0) is 16.9. The third-order valence-corrected chi connectivity index (χ3v) is 4.08. The predicted octanol–water partition coefficient (Wildman–Crippen LogP) is 4.11. The molecule has 1 aromatic heterocycles. The molecule has 1 aliphatic heterocycles. The van der Waals surface area contributed by atoms with E-state index in [4.69, 9.17) is 0 Å². The summed E-state index contributed by atoms with van der Waals surface area (Å²) >= 11 is 0. The van der Waals surface area contributed by atoms with E-state index in [9.17, 15) is 18.3 Å². The number of aliphatic hydroxyl groups is 1. The fraction of sp³-hybridized carbons (Fsp3) is 0.118. The first-order chi connectivity index (χ1) is 11.4. The van der Waals surface area contributed by atoms with Gasteiger partial charge in [-0.15, -0.1) is 0 Å². The van der Waals surface area contributed by atoms with Gasteiger partial charge in [0.25, 0.3) is 5.72 Å². The molecule has 1 unspecified atom stereocenters. The van der Waals surface area contributed by atoms with E-state index in [-0.39, 0.29) is 16.9 Å².